The molecule has 2 aromatic rings. The quantitative estimate of drug-likeness (QED) is 0.852. The summed E-state index contributed by atoms with van der Waals surface area (Å²) in [5.41, 5.74) is -0.410. The van der Waals surface area contributed by atoms with Gasteiger partial charge < -0.3 is 14.1 Å². The molecule has 142 valence electrons. The third kappa shape index (κ3) is 3.53. The molecule has 1 N–H and O–H groups in total. The number of carbonyl (C=O) groups is 1. The van der Waals surface area contributed by atoms with Gasteiger partial charge in [-0.1, -0.05) is 0 Å². The summed E-state index contributed by atoms with van der Waals surface area (Å²) in [6.45, 7) is 5.08. The highest BCUT2D eigenvalue weighted by Gasteiger charge is 2.30. The SMILES string of the molecule is CN(C)C1CCc2oc3c(F)cc(NC(=O)OC(C)(C)C)c(F)c3c2C1. The fourth-order valence-corrected chi connectivity index (χ4v) is 3.30. The number of hydrogen-bond acceptors (Lipinski definition) is 4. The van der Waals surface area contributed by atoms with Crippen LogP contribution in [-0.2, 0) is 17.6 Å². The number of aryl methyl sites for hydroxylation is 1. The Morgan fingerprint density at radius 2 is 2.04 bits per heavy atom. The molecule has 5 nitrogen and oxygen atoms in total. The number of ether oxygens (including phenoxy) is 1. The number of anilines is 1. The molecule has 0 fully saturated rings. The van der Waals surface area contributed by atoms with Gasteiger partial charge in [0.25, 0.3) is 0 Å². The van der Waals surface area contributed by atoms with Gasteiger partial charge in [0.15, 0.2) is 17.2 Å². The van der Waals surface area contributed by atoms with Crippen molar-refractivity contribution in [2.75, 3.05) is 19.4 Å². The lowest BCUT2D eigenvalue weighted by Crippen LogP contribution is -2.33. The molecule has 1 aromatic carbocycles. The molecule has 1 atom stereocenters. The molecule has 0 radical (unpaired) electrons. The number of nitrogens with one attached hydrogen (secondary N) is 1. The average molecular weight is 366 g/mol. The summed E-state index contributed by atoms with van der Waals surface area (Å²) in [7, 11) is 3.93. The Balaban J connectivity index is 2.02. The summed E-state index contributed by atoms with van der Waals surface area (Å²) in [5, 5.41) is 2.41. The van der Waals surface area contributed by atoms with Crippen molar-refractivity contribution < 1.29 is 22.7 Å². The maximum atomic E-state index is 15.1. The minimum Gasteiger partial charge on any atom is -0.458 e. The summed E-state index contributed by atoms with van der Waals surface area (Å²) in [6, 6.07) is 1.16. The molecule has 0 aliphatic heterocycles. The maximum Gasteiger partial charge on any atom is 0.412 e. The molecule has 26 heavy (non-hydrogen) atoms. The van der Waals surface area contributed by atoms with E-state index in [-0.39, 0.29) is 22.7 Å². The van der Waals surface area contributed by atoms with E-state index in [2.05, 4.69) is 10.2 Å². The lowest BCUT2D eigenvalue weighted by atomic mass is 9.91. The Kier molecular flexibility index (Phi) is 4.69. The van der Waals surface area contributed by atoms with Crippen LogP contribution in [0.5, 0.6) is 0 Å². The molecule has 0 saturated heterocycles. The lowest BCUT2D eigenvalue weighted by Gasteiger charge is -2.27. The van der Waals surface area contributed by atoms with Crippen molar-refractivity contribution in [1.29, 1.82) is 0 Å². The van der Waals surface area contributed by atoms with E-state index >= 15 is 4.39 Å². The number of hydrogen-bond donors (Lipinski definition) is 1. The monoisotopic (exact) mass is 366 g/mol. The van der Waals surface area contributed by atoms with E-state index < -0.39 is 23.3 Å². The van der Waals surface area contributed by atoms with Crippen LogP contribution in [0.4, 0.5) is 19.3 Å². The topological polar surface area (TPSA) is 54.7 Å². The van der Waals surface area contributed by atoms with Crippen LogP contribution in [0.15, 0.2) is 10.5 Å². The van der Waals surface area contributed by atoms with Crippen molar-refractivity contribution in [2.45, 2.75) is 51.7 Å². The van der Waals surface area contributed by atoms with Gasteiger partial charge in [0.1, 0.15) is 11.4 Å². The summed E-state index contributed by atoms with van der Waals surface area (Å²) in [4.78, 5) is 14.0. The van der Waals surface area contributed by atoms with Crippen LogP contribution in [0, 0.1) is 11.6 Å². The number of rotatable bonds is 2. The first-order chi connectivity index (χ1) is 12.1. The van der Waals surface area contributed by atoms with Crippen molar-refractivity contribution in [3.63, 3.8) is 0 Å². The number of halogens is 2. The Bertz CT molecular complexity index is 853. The fourth-order valence-electron chi connectivity index (χ4n) is 3.30. The third-order valence-corrected chi connectivity index (χ3v) is 4.54. The van der Waals surface area contributed by atoms with Crippen LogP contribution in [-0.4, -0.2) is 36.7 Å². The number of carbonyl (C=O) groups excluding carboxylic acids is 1. The van der Waals surface area contributed by atoms with E-state index in [1.165, 1.54) is 0 Å². The van der Waals surface area contributed by atoms with Gasteiger partial charge >= 0.3 is 6.09 Å². The minimum absolute atomic E-state index is 0.0957. The van der Waals surface area contributed by atoms with Crippen molar-refractivity contribution in [3.05, 3.63) is 29.0 Å². The van der Waals surface area contributed by atoms with Crippen molar-refractivity contribution in [3.8, 4) is 0 Å². The first kappa shape index (κ1) is 18.6. The van der Waals surface area contributed by atoms with Crippen LogP contribution in [0.2, 0.25) is 0 Å². The largest absolute Gasteiger partial charge is 0.458 e. The van der Waals surface area contributed by atoms with Crippen LogP contribution in [0.3, 0.4) is 0 Å². The molecule has 1 unspecified atom stereocenters. The zero-order chi connectivity index (χ0) is 19.2. The number of nitrogens with zero attached hydrogens (tertiary/aromatic N) is 1. The van der Waals surface area contributed by atoms with E-state index in [0.717, 1.165) is 12.5 Å². The zero-order valence-electron chi connectivity index (χ0n) is 15.7. The first-order valence-corrected chi connectivity index (χ1v) is 8.65. The van der Waals surface area contributed by atoms with Gasteiger partial charge in [0.2, 0.25) is 0 Å². The molecule has 0 spiro atoms. The third-order valence-electron chi connectivity index (χ3n) is 4.54. The van der Waals surface area contributed by atoms with E-state index in [4.69, 9.17) is 9.15 Å². The van der Waals surface area contributed by atoms with E-state index in [1.54, 1.807) is 20.8 Å². The van der Waals surface area contributed by atoms with Gasteiger partial charge in [0.05, 0.1) is 11.1 Å². The molecule has 0 saturated carbocycles. The summed E-state index contributed by atoms with van der Waals surface area (Å²) < 4.78 is 40.3. The predicted molar refractivity (Wildman–Crippen MR) is 95.5 cm³/mol. The highest BCUT2D eigenvalue weighted by Crippen LogP contribution is 2.38. The number of benzene rings is 1. The maximum absolute atomic E-state index is 15.1. The zero-order valence-corrected chi connectivity index (χ0v) is 15.7. The lowest BCUT2D eigenvalue weighted by molar-refractivity contribution is 0.0635. The molecule has 3 rings (SSSR count). The second kappa shape index (κ2) is 6.54. The first-order valence-electron chi connectivity index (χ1n) is 8.65. The van der Waals surface area contributed by atoms with Crippen molar-refractivity contribution in [2.24, 2.45) is 0 Å². The number of furan rings is 1. The smallest absolute Gasteiger partial charge is 0.412 e. The summed E-state index contributed by atoms with van der Waals surface area (Å²) >= 11 is 0. The molecular weight excluding hydrogens is 342 g/mol. The summed E-state index contributed by atoms with van der Waals surface area (Å²) in [5.74, 6) is -0.787. The van der Waals surface area contributed by atoms with E-state index in [0.29, 0.717) is 24.2 Å². The summed E-state index contributed by atoms with van der Waals surface area (Å²) in [6.07, 6.45) is 1.23. The van der Waals surface area contributed by atoms with Crippen molar-refractivity contribution in [1.82, 2.24) is 4.90 Å². The van der Waals surface area contributed by atoms with Gasteiger partial charge in [-0.05, 0) is 47.7 Å². The second-order valence-corrected chi connectivity index (χ2v) is 7.91. The van der Waals surface area contributed by atoms with Gasteiger partial charge in [-0.15, -0.1) is 0 Å². The normalized spacial score (nSPS) is 17.5. The highest BCUT2D eigenvalue weighted by atomic mass is 19.1. The Morgan fingerprint density at radius 1 is 1.35 bits per heavy atom. The molecule has 7 heteroatoms. The predicted octanol–water partition coefficient (Wildman–Crippen LogP) is 4.48. The number of likely N-dealkylation sites (N-methyl/N-ethyl adjacent to an activating group) is 1. The van der Waals surface area contributed by atoms with E-state index in [1.807, 2.05) is 14.1 Å². The Hall–Kier alpha value is -2.15. The Labute approximate surface area is 151 Å². The molecule has 0 bridgehead atoms. The minimum atomic E-state index is -0.835. The van der Waals surface area contributed by atoms with Gasteiger partial charge in [0, 0.05) is 24.1 Å². The number of fused-ring (bicyclic) bond motifs is 3. The van der Waals surface area contributed by atoms with E-state index in [9.17, 15) is 9.18 Å². The standard InChI is InChI=1S/C19H24F2N2O3/c1-19(2,3)26-18(24)22-13-9-12(20)17-15(16(13)21)11-8-10(23(4)5)6-7-14(11)25-17/h9-10H,6-8H2,1-5H3,(H,22,24). The molecule has 1 aromatic heterocycles. The molecule has 1 aliphatic carbocycles. The molecule has 1 amide bonds. The fraction of sp³-hybridized carbons (Fsp3) is 0.526. The molecule has 1 aliphatic rings. The number of amides is 1. The van der Waals surface area contributed by atoms with Crippen LogP contribution >= 0.6 is 0 Å². The van der Waals surface area contributed by atoms with Crippen LogP contribution in [0.25, 0.3) is 11.0 Å². The van der Waals surface area contributed by atoms with Gasteiger partial charge in [-0.25, -0.2) is 13.6 Å². The Morgan fingerprint density at radius 3 is 2.65 bits per heavy atom. The second-order valence-electron chi connectivity index (χ2n) is 7.91. The average Bonchev–Trinajstić information content (AvgIpc) is 2.89. The van der Waals surface area contributed by atoms with Crippen LogP contribution < -0.4 is 5.32 Å². The van der Waals surface area contributed by atoms with Gasteiger partial charge in [-0.3, -0.25) is 5.32 Å². The van der Waals surface area contributed by atoms with Crippen molar-refractivity contribution >= 4 is 22.7 Å². The highest BCUT2D eigenvalue weighted by molar-refractivity contribution is 5.92. The van der Waals surface area contributed by atoms with Crippen LogP contribution in [0.1, 0.15) is 38.5 Å². The van der Waals surface area contributed by atoms with Gasteiger partial charge in [-0.2, -0.15) is 0 Å². The molecular formula is C19H24F2N2O3. The molecule has 1 heterocycles.